The molecule has 1 N–H and O–H groups in total. The summed E-state index contributed by atoms with van der Waals surface area (Å²) in [5.41, 5.74) is 2.19. The van der Waals surface area contributed by atoms with Crippen LogP contribution >= 0.6 is 0 Å². The first-order chi connectivity index (χ1) is 10.7. The first kappa shape index (κ1) is 11.9. The van der Waals surface area contributed by atoms with Crippen LogP contribution in [-0.2, 0) is 16.7 Å². The lowest BCUT2D eigenvalue weighted by atomic mass is 9.52. The zero-order valence-electron chi connectivity index (χ0n) is 12.3. The molecule has 1 aromatic rings. The molecule has 0 unspecified atom stereocenters. The van der Waals surface area contributed by atoms with Crippen molar-refractivity contribution in [3.63, 3.8) is 0 Å². The van der Waals surface area contributed by atoms with Gasteiger partial charge in [-0.1, -0.05) is 18.2 Å². The summed E-state index contributed by atoms with van der Waals surface area (Å²) in [7, 11) is 2.19. The Bertz CT molecular complexity index is 746. The quantitative estimate of drug-likeness (QED) is 0.575. The third-order valence-electron chi connectivity index (χ3n) is 6.51. The molecular weight excluding hydrogens is 282 g/mol. The number of likely N-dealkylation sites (tertiary alicyclic amines) is 1. The number of rotatable bonds is 0. The van der Waals surface area contributed by atoms with Crippen LogP contribution < -0.4 is 9.62 Å². The first-order valence-electron chi connectivity index (χ1n) is 7.95. The highest BCUT2D eigenvalue weighted by Crippen LogP contribution is 2.68. The van der Waals surface area contributed by atoms with E-state index in [2.05, 4.69) is 24.1 Å². The molecule has 4 bridgehead atoms. The van der Waals surface area contributed by atoms with Crippen molar-refractivity contribution in [1.82, 2.24) is 4.90 Å². The summed E-state index contributed by atoms with van der Waals surface area (Å²) in [5, 5.41) is 10.7. The van der Waals surface area contributed by atoms with E-state index in [1.807, 2.05) is 12.1 Å². The van der Waals surface area contributed by atoms with Crippen LogP contribution in [0.4, 0.5) is 0 Å². The molecule has 5 nitrogen and oxygen atoms in total. The van der Waals surface area contributed by atoms with Crippen LogP contribution in [0.3, 0.4) is 0 Å². The van der Waals surface area contributed by atoms with Gasteiger partial charge in [-0.2, -0.15) is 0 Å². The van der Waals surface area contributed by atoms with Gasteiger partial charge in [-0.05, 0) is 38.1 Å². The molecule has 114 valence electrons. The minimum atomic E-state index is -1.13. The van der Waals surface area contributed by atoms with E-state index in [9.17, 15) is 5.11 Å². The molecule has 0 saturated carbocycles. The molecule has 1 fully saturated rings. The van der Waals surface area contributed by atoms with Crippen molar-refractivity contribution in [3.05, 3.63) is 35.4 Å². The lowest BCUT2D eigenvalue weighted by Gasteiger charge is -2.58. The van der Waals surface area contributed by atoms with Gasteiger partial charge in [0.1, 0.15) is 6.10 Å². The van der Waals surface area contributed by atoms with Crippen LogP contribution in [0.5, 0.6) is 11.5 Å². The third-order valence-corrected chi connectivity index (χ3v) is 6.51. The summed E-state index contributed by atoms with van der Waals surface area (Å²) in [6.45, 7) is 0.972. The van der Waals surface area contributed by atoms with Crippen LogP contribution in [0.25, 0.3) is 0 Å². The number of aliphatic hydroxyl groups excluding tert-OH is 1. The summed E-state index contributed by atoms with van der Waals surface area (Å²) in [4.78, 5) is 13.7. The van der Waals surface area contributed by atoms with Gasteiger partial charge >= 0.3 is 0 Å². The second-order valence-corrected chi connectivity index (χ2v) is 7.19. The molecule has 1 aromatic carbocycles. The van der Waals surface area contributed by atoms with Crippen molar-refractivity contribution in [3.8, 4) is 11.5 Å². The maximum Gasteiger partial charge on any atom is 0.291 e. The molecule has 5 aliphatic rings. The Kier molecular flexibility index (Phi) is 1.82. The monoisotopic (exact) mass is 299 g/mol. The van der Waals surface area contributed by atoms with Crippen molar-refractivity contribution in [2.75, 3.05) is 13.6 Å². The Morgan fingerprint density at radius 1 is 1.32 bits per heavy atom. The van der Waals surface area contributed by atoms with Crippen LogP contribution in [0.1, 0.15) is 17.5 Å². The van der Waals surface area contributed by atoms with E-state index in [-0.39, 0.29) is 11.3 Å². The van der Waals surface area contributed by atoms with E-state index in [4.69, 9.17) is 14.5 Å². The molecule has 2 aliphatic carbocycles. The summed E-state index contributed by atoms with van der Waals surface area (Å²) in [6, 6.07) is 4.47. The van der Waals surface area contributed by atoms with Crippen LogP contribution in [0.15, 0.2) is 24.3 Å². The molecule has 22 heavy (non-hydrogen) atoms. The summed E-state index contributed by atoms with van der Waals surface area (Å²) < 4.78 is 6.26. The lowest BCUT2D eigenvalue weighted by molar-refractivity contribution is -0.413. The van der Waals surface area contributed by atoms with Gasteiger partial charge in [0, 0.05) is 17.5 Å². The normalized spacial score (nSPS) is 46.2. The minimum absolute atomic E-state index is 0.278. The van der Waals surface area contributed by atoms with Crippen molar-refractivity contribution in [2.24, 2.45) is 5.92 Å². The fourth-order valence-electron chi connectivity index (χ4n) is 5.56. The molecular formula is C17H17NO4. The molecule has 0 radical (unpaired) electrons. The van der Waals surface area contributed by atoms with E-state index < -0.39 is 11.9 Å². The second-order valence-electron chi connectivity index (χ2n) is 7.19. The van der Waals surface area contributed by atoms with Gasteiger partial charge in [0.15, 0.2) is 5.75 Å². The Labute approximate surface area is 128 Å². The van der Waals surface area contributed by atoms with Gasteiger partial charge in [-0.15, -0.1) is 4.89 Å². The van der Waals surface area contributed by atoms with Crippen molar-refractivity contribution >= 4 is 0 Å². The molecule has 2 spiro atoms. The number of nitrogens with zero attached hydrogens (tertiary/aromatic N) is 1. The molecule has 1 saturated heterocycles. The van der Waals surface area contributed by atoms with Crippen LogP contribution in [0.2, 0.25) is 0 Å². The predicted octanol–water partition coefficient (Wildman–Crippen LogP) is 1.14. The zero-order chi connectivity index (χ0) is 14.7. The largest absolute Gasteiger partial charge is 0.450 e. The maximum absolute atomic E-state index is 10.7. The topological polar surface area (TPSA) is 51.2 Å². The number of benzene rings is 1. The van der Waals surface area contributed by atoms with E-state index in [0.29, 0.717) is 11.8 Å². The highest BCUT2D eigenvalue weighted by molar-refractivity contribution is 5.63. The first-order valence-corrected chi connectivity index (χ1v) is 7.95. The number of aliphatic hydroxyl groups is 1. The van der Waals surface area contributed by atoms with Gasteiger partial charge in [0.2, 0.25) is 5.75 Å². The molecule has 5 heteroatoms. The van der Waals surface area contributed by atoms with Gasteiger partial charge in [-0.25, -0.2) is 0 Å². The second kappa shape index (κ2) is 3.35. The number of hydrogen-bond donors (Lipinski definition) is 1. The average Bonchev–Trinajstić information content (AvgIpc) is 2.80. The Morgan fingerprint density at radius 2 is 2.23 bits per heavy atom. The zero-order valence-corrected chi connectivity index (χ0v) is 12.3. The fourth-order valence-corrected chi connectivity index (χ4v) is 5.56. The fraction of sp³-hybridized carbons (Fsp3) is 0.529. The standard InChI is InChI=1S/C17H17NO4/c1-18-7-6-16-10-3-5-13(19)17(16)20-15-12(21-22-17)4-2-9(14(15)16)8-11(10)18/h2-5,10-11,13,19H,6-8H2,1H3/t10-,11+,13-,16-,17+/m0/s1. The van der Waals surface area contributed by atoms with Gasteiger partial charge in [0.05, 0.1) is 5.41 Å². The summed E-state index contributed by atoms with van der Waals surface area (Å²) in [6.07, 6.45) is 5.08. The highest BCUT2D eigenvalue weighted by Gasteiger charge is 2.75. The molecule has 3 heterocycles. The Morgan fingerprint density at radius 3 is 3.14 bits per heavy atom. The predicted molar refractivity (Wildman–Crippen MR) is 76.6 cm³/mol. The van der Waals surface area contributed by atoms with Gasteiger partial charge in [-0.3, -0.25) is 0 Å². The van der Waals surface area contributed by atoms with E-state index in [1.54, 1.807) is 0 Å². The van der Waals surface area contributed by atoms with E-state index in [1.165, 1.54) is 11.1 Å². The number of likely N-dealkylation sites (N-methyl/N-ethyl adjacent to an activating group) is 1. The van der Waals surface area contributed by atoms with Crippen molar-refractivity contribution in [1.29, 1.82) is 0 Å². The van der Waals surface area contributed by atoms with Crippen LogP contribution in [0, 0.1) is 5.92 Å². The molecule has 0 aromatic heterocycles. The van der Waals surface area contributed by atoms with Gasteiger partial charge in [0.25, 0.3) is 5.79 Å². The third kappa shape index (κ3) is 0.960. The maximum atomic E-state index is 10.7. The molecule has 0 amide bonds. The van der Waals surface area contributed by atoms with Gasteiger partial charge < -0.3 is 19.6 Å². The Hall–Kier alpha value is -1.56. The number of piperidine rings is 1. The summed E-state index contributed by atoms with van der Waals surface area (Å²) in [5.74, 6) is 0.578. The molecule has 5 atom stereocenters. The lowest BCUT2D eigenvalue weighted by Crippen LogP contribution is -2.72. The summed E-state index contributed by atoms with van der Waals surface area (Å²) >= 11 is 0. The van der Waals surface area contributed by atoms with E-state index >= 15 is 0 Å². The minimum Gasteiger partial charge on any atom is -0.450 e. The average molecular weight is 299 g/mol. The molecule has 6 rings (SSSR count). The van der Waals surface area contributed by atoms with Crippen molar-refractivity contribution in [2.45, 2.75) is 36.2 Å². The molecule has 3 aliphatic heterocycles. The van der Waals surface area contributed by atoms with Crippen LogP contribution in [-0.4, -0.2) is 41.5 Å². The van der Waals surface area contributed by atoms with Crippen molar-refractivity contribution < 1.29 is 19.6 Å². The smallest absolute Gasteiger partial charge is 0.291 e. The highest BCUT2D eigenvalue weighted by atomic mass is 17.2. The Balaban J connectivity index is 1.76. The number of hydrogen-bond acceptors (Lipinski definition) is 5. The number of ether oxygens (including phenoxy) is 1. The SMILES string of the molecule is CN1CC[C@]23c4c5ccc6c4O[C@@]2(OO6)[C@@H](O)C=C[C@H]3[C@H]1C5. The van der Waals surface area contributed by atoms with E-state index in [0.717, 1.165) is 25.1 Å².